The maximum absolute atomic E-state index is 14.0. The molecule has 0 fully saturated rings. The van der Waals surface area contributed by atoms with Crippen LogP contribution < -0.4 is 0 Å². The molecule has 0 spiro atoms. The minimum absolute atomic E-state index is 0.599. The molecule has 3 heterocycles. The second-order valence-corrected chi connectivity index (χ2v) is 15.6. The van der Waals surface area contributed by atoms with Crippen molar-refractivity contribution in [3.05, 3.63) is 216 Å². The number of fused-ring (bicyclic) bond motifs is 3. The third kappa shape index (κ3) is 6.11. The molecule has 0 bridgehead atoms. The highest BCUT2D eigenvalue weighted by Gasteiger charge is 2.47. The van der Waals surface area contributed by atoms with Crippen LogP contribution in [0.25, 0.3) is 32.7 Å². The maximum atomic E-state index is 14.0. The van der Waals surface area contributed by atoms with E-state index in [-0.39, 0.29) is 0 Å². The van der Waals surface area contributed by atoms with Gasteiger partial charge in [0.25, 0.3) is 10.1 Å². The Balaban J connectivity index is 1.40. The van der Waals surface area contributed by atoms with E-state index in [2.05, 4.69) is 105 Å². The van der Waals surface area contributed by atoms with Crippen molar-refractivity contribution in [3.63, 3.8) is 0 Å². The van der Waals surface area contributed by atoms with Crippen LogP contribution in [0.15, 0.2) is 182 Å². The summed E-state index contributed by atoms with van der Waals surface area (Å²) in [7, 11) is -4.11. The first kappa shape index (κ1) is 33.7. The summed E-state index contributed by atoms with van der Waals surface area (Å²) >= 11 is 0. The summed E-state index contributed by atoms with van der Waals surface area (Å²) in [5, 5.41) is 2.74. The number of hydrogen-bond acceptors (Lipinski definition) is 3. The highest BCUT2D eigenvalue weighted by Crippen LogP contribution is 2.50. The van der Waals surface area contributed by atoms with E-state index in [9.17, 15) is 8.42 Å². The van der Waals surface area contributed by atoms with Gasteiger partial charge in [0.15, 0.2) is 5.60 Å². The van der Waals surface area contributed by atoms with Gasteiger partial charge in [-0.1, -0.05) is 146 Å². The quantitative estimate of drug-likeness (QED) is 0.125. The van der Waals surface area contributed by atoms with Gasteiger partial charge in [-0.3, -0.25) is 0 Å². The first-order chi connectivity index (χ1) is 26.4. The fourth-order valence-corrected chi connectivity index (χ4v) is 8.84. The Morgan fingerprint density at radius 3 is 1.00 bits per heavy atom. The molecule has 7 heteroatoms. The summed E-state index contributed by atoms with van der Waals surface area (Å²) in [6.45, 7) is 1.80. The Labute approximate surface area is 315 Å². The van der Waals surface area contributed by atoms with Crippen molar-refractivity contribution < 1.29 is 12.6 Å². The molecule has 6 aromatic carbocycles. The Hall–Kier alpha value is -6.15. The zero-order valence-corrected chi connectivity index (χ0v) is 30.7. The zero-order chi connectivity index (χ0) is 36.7. The van der Waals surface area contributed by atoms with Gasteiger partial charge in [-0.25, -0.2) is 4.18 Å². The number of para-hydroxylation sites is 3. The molecule has 266 valence electrons. The molecule has 6 nitrogen and oxygen atoms in total. The molecule has 54 heavy (non-hydrogen) atoms. The van der Waals surface area contributed by atoms with Crippen LogP contribution in [0.5, 0.6) is 0 Å². The van der Waals surface area contributed by atoms with Gasteiger partial charge in [0.05, 0.1) is 6.26 Å². The second kappa shape index (κ2) is 13.7. The lowest BCUT2D eigenvalue weighted by Gasteiger charge is -2.33. The van der Waals surface area contributed by atoms with Crippen molar-refractivity contribution >= 4 is 42.8 Å². The van der Waals surface area contributed by atoms with E-state index < -0.39 is 15.7 Å². The summed E-state index contributed by atoms with van der Waals surface area (Å²) in [5.41, 5.74) is 7.03. The highest BCUT2D eigenvalue weighted by molar-refractivity contribution is 7.86. The number of hydrogen-bond donors (Lipinski definition) is 0. The average molecular weight is 726 g/mol. The van der Waals surface area contributed by atoms with E-state index in [1.54, 1.807) is 0 Å². The lowest BCUT2D eigenvalue weighted by Crippen LogP contribution is -2.35. The van der Waals surface area contributed by atoms with E-state index in [4.69, 9.17) is 4.18 Å². The van der Waals surface area contributed by atoms with Gasteiger partial charge in [-0.15, -0.1) is 0 Å². The zero-order valence-electron chi connectivity index (χ0n) is 29.9. The van der Waals surface area contributed by atoms with Gasteiger partial charge in [0.1, 0.15) is 0 Å². The van der Waals surface area contributed by atoms with Crippen LogP contribution in [0.4, 0.5) is 0 Å². The summed E-state index contributed by atoms with van der Waals surface area (Å²) in [4.78, 5) is 0. The summed E-state index contributed by atoms with van der Waals surface area (Å²) in [5.74, 6) is 0. The van der Waals surface area contributed by atoms with Crippen LogP contribution in [0.1, 0.15) is 33.4 Å². The Kier molecular flexibility index (Phi) is 8.53. The minimum Gasteiger partial charge on any atom is -0.343 e. The van der Waals surface area contributed by atoms with Crippen LogP contribution >= 0.6 is 0 Å². The largest absolute Gasteiger partial charge is 0.343 e. The molecule has 9 aromatic rings. The van der Waals surface area contributed by atoms with Crippen LogP contribution in [0.3, 0.4) is 0 Å². The van der Waals surface area contributed by atoms with Crippen molar-refractivity contribution in [3.8, 4) is 0 Å². The second-order valence-electron chi connectivity index (χ2n) is 14.0. The predicted octanol–water partition coefficient (Wildman–Crippen LogP) is 9.96. The summed E-state index contributed by atoms with van der Waals surface area (Å²) in [6, 6.07) is 55.7. The smallest absolute Gasteiger partial charge is 0.265 e. The standard InChI is InChI=1S/C47H39N3O3S/c1-54(51,52)53-47(41-32-48(29-35-17-5-2-6-18-35)44-26-14-11-23-38(41)44,42-33-49(30-36-19-7-3-8-20-36)45-27-15-12-24-39(42)45)43-34-50(31-37-21-9-4-10-22-37)46-28-16-13-25-40(43)46/h2-28,32-34H,29-31H2,1H3. The van der Waals surface area contributed by atoms with E-state index >= 15 is 0 Å². The fourth-order valence-electron chi connectivity index (χ4n) is 8.11. The van der Waals surface area contributed by atoms with Crippen molar-refractivity contribution in [2.24, 2.45) is 0 Å². The molecular weight excluding hydrogens is 687 g/mol. The van der Waals surface area contributed by atoms with Gasteiger partial charge in [0.2, 0.25) is 0 Å². The summed E-state index contributed by atoms with van der Waals surface area (Å²) in [6.07, 6.45) is 7.48. The molecule has 0 aliphatic carbocycles. The van der Waals surface area contributed by atoms with Crippen LogP contribution in [0, 0.1) is 0 Å². The monoisotopic (exact) mass is 725 g/mol. The van der Waals surface area contributed by atoms with Crippen molar-refractivity contribution in [2.45, 2.75) is 25.2 Å². The molecule has 0 aliphatic heterocycles. The van der Waals surface area contributed by atoms with E-state index in [0.717, 1.165) is 72.3 Å². The number of benzene rings is 6. The predicted molar refractivity (Wildman–Crippen MR) is 218 cm³/mol. The van der Waals surface area contributed by atoms with Gasteiger partial charge in [-0.2, -0.15) is 8.42 Å². The van der Waals surface area contributed by atoms with Crippen molar-refractivity contribution in [1.29, 1.82) is 0 Å². The molecule has 3 aromatic heterocycles. The third-order valence-electron chi connectivity index (χ3n) is 10.4. The number of rotatable bonds is 11. The maximum Gasteiger partial charge on any atom is 0.265 e. The SMILES string of the molecule is CS(=O)(=O)OC(c1cn(Cc2ccccc2)c2ccccc12)(c1cn(Cc2ccccc2)c2ccccc12)c1cn(Cc2ccccc2)c2ccccc12. The van der Waals surface area contributed by atoms with Crippen LogP contribution in [-0.4, -0.2) is 28.4 Å². The number of nitrogens with zero attached hydrogens (tertiary/aromatic N) is 3. The molecule has 0 atom stereocenters. The minimum atomic E-state index is -4.11. The molecule has 0 N–H and O–H groups in total. The van der Waals surface area contributed by atoms with Crippen molar-refractivity contribution in [1.82, 2.24) is 13.7 Å². The molecule has 0 saturated carbocycles. The van der Waals surface area contributed by atoms with Crippen LogP contribution in [-0.2, 0) is 39.5 Å². The first-order valence-corrected chi connectivity index (χ1v) is 20.0. The molecule has 0 amide bonds. The van der Waals surface area contributed by atoms with Crippen molar-refractivity contribution in [2.75, 3.05) is 6.26 Å². The molecule has 0 unspecified atom stereocenters. The van der Waals surface area contributed by atoms with E-state index in [0.29, 0.717) is 19.6 Å². The lowest BCUT2D eigenvalue weighted by molar-refractivity contribution is 0.170. The molecule has 0 saturated heterocycles. The Morgan fingerprint density at radius 2 is 0.704 bits per heavy atom. The van der Waals surface area contributed by atoms with Gasteiger partial charge in [-0.05, 0) is 34.9 Å². The van der Waals surface area contributed by atoms with Crippen LogP contribution in [0.2, 0.25) is 0 Å². The van der Waals surface area contributed by atoms with Gasteiger partial charge in [0, 0.05) is 87.6 Å². The topological polar surface area (TPSA) is 58.2 Å². The van der Waals surface area contributed by atoms with Gasteiger partial charge < -0.3 is 13.7 Å². The fraction of sp³-hybridized carbons (Fsp3) is 0.106. The third-order valence-corrected chi connectivity index (χ3v) is 10.9. The molecule has 0 radical (unpaired) electrons. The average Bonchev–Trinajstić information content (AvgIpc) is 3.88. The van der Waals surface area contributed by atoms with Gasteiger partial charge >= 0.3 is 0 Å². The first-order valence-electron chi connectivity index (χ1n) is 18.1. The molecular formula is C47H39N3O3S. The lowest BCUT2D eigenvalue weighted by atomic mass is 9.80. The molecule has 9 rings (SSSR count). The summed E-state index contributed by atoms with van der Waals surface area (Å²) < 4.78 is 41.5. The Morgan fingerprint density at radius 1 is 0.426 bits per heavy atom. The van der Waals surface area contributed by atoms with E-state index in [1.165, 1.54) is 0 Å². The Bertz CT molecular complexity index is 2570. The van der Waals surface area contributed by atoms with E-state index in [1.807, 2.05) is 91.0 Å². The number of aromatic nitrogens is 3. The highest BCUT2D eigenvalue weighted by atomic mass is 32.2. The molecule has 0 aliphatic rings. The normalized spacial score (nSPS) is 12.2.